The Morgan fingerprint density at radius 3 is 2.90 bits per heavy atom. The van der Waals surface area contributed by atoms with Crippen LogP contribution in [-0.2, 0) is 11.3 Å². The molecule has 0 bridgehead atoms. The minimum Gasteiger partial charge on any atom is -0.465 e. The Bertz CT molecular complexity index is 507. The van der Waals surface area contributed by atoms with Gasteiger partial charge in [0, 0.05) is 23.6 Å². The summed E-state index contributed by atoms with van der Waals surface area (Å²) in [5.41, 5.74) is 1.77. The fourth-order valence-electron chi connectivity index (χ4n) is 2.82. The number of halogens is 1. The molecule has 0 N–H and O–H groups in total. The van der Waals surface area contributed by atoms with Crippen LogP contribution in [-0.4, -0.2) is 56.1 Å². The number of carbonyl (C=O) groups is 1. The minimum atomic E-state index is -0.301. The lowest BCUT2D eigenvalue weighted by Gasteiger charge is -2.36. The molecular formula is C16H23BrN2O2. The fraction of sp³-hybridized carbons (Fsp3) is 0.562. The van der Waals surface area contributed by atoms with Gasteiger partial charge in [-0.1, -0.05) is 22.0 Å². The van der Waals surface area contributed by atoms with E-state index in [1.54, 1.807) is 0 Å². The van der Waals surface area contributed by atoms with Gasteiger partial charge in [-0.15, -0.1) is 0 Å². The molecule has 116 valence electrons. The van der Waals surface area contributed by atoms with Crippen LogP contribution in [0.4, 0.5) is 0 Å². The van der Waals surface area contributed by atoms with E-state index in [1.165, 1.54) is 32.1 Å². The summed E-state index contributed by atoms with van der Waals surface area (Å²) in [6.07, 6.45) is 2.51. The Morgan fingerprint density at radius 1 is 1.52 bits per heavy atom. The van der Waals surface area contributed by atoms with E-state index in [0.717, 1.165) is 17.6 Å². The summed E-state index contributed by atoms with van der Waals surface area (Å²) in [5.74, 6) is -0.301. The first-order chi connectivity index (χ1) is 10.0. The second-order valence-corrected chi connectivity index (χ2v) is 6.63. The second kappa shape index (κ2) is 7.38. The highest BCUT2D eigenvalue weighted by Gasteiger charge is 2.21. The van der Waals surface area contributed by atoms with Crippen LogP contribution in [0.1, 0.15) is 28.8 Å². The third-order valence-electron chi connectivity index (χ3n) is 4.12. The highest BCUT2D eigenvalue weighted by atomic mass is 79.9. The molecule has 1 atom stereocenters. The zero-order chi connectivity index (χ0) is 15.4. The van der Waals surface area contributed by atoms with Gasteiger partial charge >= 0.3 is 5.97 Å². The lowest BCUT2D eigenvalue weighted by atomic mass is 10.0. The first-order valence-electron chi connectivity index (χ1n) is 7.26. The SMILES string of the molecule is COC(=O)c1ccc(CN(C)C2CCCN(C)C2)c(Br)c1. The molecule has 1 aliphatic heterocycles. The van der Waals surface area contributed by atoms with E-state index in [1.807, 2.05) is 18.2 Å². The van der Waals surface area contributed by atoms with Crippen molar-refractivity contribution in [2.45, 2.75) is 25.4 Å². The van der Waals surface area contributed by atoms with Crippen molar-refractivity contribution >= 4 is 21.9 Å². The van der Waals surface area contributed by atoms with Crippen molar-refractivity contribution in [2.24, 2.45) is 0 Å². The molecule has 0 aromatic heterocycles. The molecule has 1 fully saturated rings. The number of benzene rings is 1. The Morgan fingerprint density at radius 2 is 2.29 bits per heavy atom. The highest BCUT2D eigenvalue weighted by Crippen LogP contribution is 2.23. The number of ether oxygens (including phenoxy) is 1. The molecule has 1 aromatic carbocycles. The maximum Gasteiger partial charge on any atom is 0.337 e. The summed E-state index contributed by atoms with van der Waals surface area (Å²) in [7, 11) is 5.75. The molecule has 2 rings (SSSR count). The Labute approximate surface area is 135 Å². The van der Waals surface area contributed by atoms with Gasteiger partial charge in [0.1, 0.15) is 0 Å². The topological polar surface area (TPSA) is 32.8 Å². The number of nitrogens with zero attached hydrogens (tertiary/aromatic N) is 2. The standard InChI is InChI=1S/C16H23BrN2O2/c1-18-8-4-5-14(11-18)19(2)10-13-7-6-12(9-15(13)17)16(20)21-3/h6-7,9,14H,4-5,8,10-11H2,1-3H3. The number of likely N-dealkylation sites (tertiary alicyclic amines) is 1. The summed E-state index contributed by atoms with van der Waals surface area (Å²) in [6.45, 7) is 3.19. The van der Waals surface area contributed by atoms with Crippen LogP contribution in [0.25, 0.3) is 0 Å². The van der Waals surface area contributed by atoms with Gasteiger partial charge in [0.15, 0.2) is 0 Å². The van der Waals surface area contributed by atoms with Crippen molar-refractivity contribution in [2.75, 3.05) is 34.3 Å². The van der Waals surface area contributed by atoms with Crippen LogP contribution < -0.4 is 0 Å². The third kappa shape index (κ3) is 4.28. The maximum atomic E-state index is 11.5. The molecule has 5 heteroatoms. The first kappa shape index (κ1) is 16.5. The predicted octanol–water partition coefficient (Wildman–Crippen LogP) is 2.76. The van der Waals surface area contributed by atoms with Crippen molar-refractivity contribution in [1.29, 1.82) is 0 Å². The lowest BCUT2D eigenvalue weighted by molar-refractivity contribution is 0.0600. The van der Waals surface area contributed by atoms with Crippen molar-refractivity contribution in [3.05, 3.63) is 33.8 Å². The second-order valence-electron chi connectivity index (χ2n) is 5.77. The van der Waals surface area contributed by atoms with Crippen molar-refractivity contribution in [1.82, 2.24) is 9.80 Å². The summed E-state index contributed by atoms with van der Waals surface area (Å²) in [5, 5.41) is 0. The molecule has 0 saturated carbocycles. The van der Waals surface area contributed by atoms with E-state index in [9.17, 15) is 4.79 Å². The van der Waals surface area contributed by atoms with Crippen LogP contribution >= 0.6 is 15.9 Å². The average molecular weight is 355 g/mol. The van der Waals surface area contributed by atoms with Crippen molar-refractivity contribution < 1.29 is 9.53 Å². The third-order valence-corrected chi connectivity index (χ3v) is 4.86. The molecule has 1 saturated heterocycles. The van der Waals surface area contributed by atoms with Crippen molar-refractivity contribution in [3.63, 3.8) is 0 Å². The Kier molecular flexibility index (Phi) is 5.79. The van der Waals surface area contributed by atoms with Crippen LogP contribution in [0, 0.1) is 0 Å². The molecule has 1 heterocycles. The molecule has 1 aromatic rings. The van der Waals surface area contributed by atoms with Gasteiger partial charge in [0.05, 0.1) is 12.7 Å². The number of piperidine rings is 1. The molecule has 21 heavy (non-hydrogen) atoms. The van der Waals surface area contributed by atoms with Gasteiger partial charge in [-0.25, -0.2) is 4.79 Å². The number of esters is 1. The minimum absolute atomic E-state index is 0.301. The van der Waals surface area contributed by atoms with E-state index in [4.69, 9.17) is 4.74 Å². The Hall–Kier alpha value is -0.910. The normalized spacial score (nSPS) is 19.8. The Balaban J connectivity index is 2.03. The summed E-state index contributed by atoms with van der Waals surface area (Å²) < 4.78 is 5.70. The van der Waals surface area contributed by atoms with Crippen LogP contribution in [0.2, 0.25) is 0 Å². The predicted molar refractivity (Wildman–Crippen MR) is 87.5 cm³/mol. The molecule has 4 nitrogen and oxygen atoms in total. The van der Waals surface area contributed by atoms with Gasteiger partial charge in [-0.05, 0) is 51.2 Å². The molecule has 0 aliphatic carbocycles. The van der Waals surface area contributed by atoms with E-state index < -0.39 is 0 Å². The van der Waals surface area contributed by atoms with Crippen molar-refractivity contribution in [3.8, 4) is 0 Å². The number of likely N-dealkylation sites (N-methyl/N-ethyl adjacent to an activating group) is 2. The monoisotopic (exact) mass is 354 g/mol. The smallest absolute Gasteiger partial charge is 0.337 e. The zero-order valence-corrected chi connectivity index (χ0v) is 14.5. The molecule has 0 spiro atoms. The summed E-state index contributed by atoms with van der Waals surface area (Å²) in [6, 6.07) is 6.25. The quantitative estimate of drug-likeness (QED) is 0.778. The molecule has 0 radical (unpaired) electrons. The lowest BCUT2D eigenvalue weighted by Crippen LogP contribution is -2.44. The van der Waals surface area contributed by atoms with Gasteiger partial charge < -0.3 is 9.64 Å². The first-order valence-corrected chi connectivity index (χ1v) is 8.06. The van der Waals surface area contributed by atoms with E-state index in [-0.39, 0.29) is 5.97 Å². The van der Waals surface area contributed by atoms with Crippen LogP contribution in [0.3, 0.4) is 0 Å². The fourth-order valence-corrected chi connectivity index (χ4v) is 3.32. The van der Waals surface area contributed by atoms with E-state index in [0.29, 0.717) is 11.6 Å². The van der Waals surface area contributed by atoms with Gasteiger partial charge in [0.25, 0.3) is 0 Å². The number of methoxy groups -OCH3 is 1. The van der Waals surface area contributed by atoms with Gasteiger partial charge in [-0.3, -0.25) is 4.90 Å². The number of hydrogen-bond acceptors (Lipinski definition) is 4. The van der Waals surface area contributed by atoms with Crippen LogP contribution in [0.15, 0.2) is 22.7 Å². The zero-order valence-electron chi connectivity index (χ0n) is 12.9. The molecule has 0 amide bonds. The van der Waals surface area contributed by atoms with E-state index >= 15 is 0 Å². The van der Waals surface area contributed by atoms with Crippen LogP contribution in [0.5, 0.6) is 0 Å². The van der Waals surface area contributed by atoms with Gasteiger partial charge in [0.2, 0.25) is 0 Å². The summed E-state index contributed by atoms with van der Waals surface area (Å²) in [4.78, 5) is 16.3. The number of hydrogen-bond donors (Lipinski definition) is 0. The largest absolute Gasteiger partial charge is 0.465 e. The average Bonchev–Trinajstić information content (AvgIpc) is 2.48. The number of rotatable bonds is 4. The molecule has 1 unspecified atom stereocenters. The van der Waals surface area contributed by atoms with Gasteiger partial charge in [-0.2, -0.15) is 0 Å². The summed E-state index contributed by atoms with van der Waals surface area (Å²) >= 11 is 3.56. The van der Waals surface area contributed by atoms with E-state index in [2.05, 4.69) is 39.8 Å². The highest BCUT2D eigenvalue weighted by molar-refractivity contribution is 9.10. The molecule has 1 aliphatic rings. The molecular weight excluding hydrogens is 332 g/mol. The maximum absolute atomic E-state index is 11.5. The number of carbonyl (C=O) groups excluding carboxylic acids is 1.